The molecule has 0 spiro atoms. The molecular weight excluding hydrogens is 260 g/mol. The molecule has 20 heavy (non-hydrogen) atoms. The Hall–Kier alpha value is -1.92. The van der Waals surface area contributed by atoms with Crippen molar-refractivity contribution < 1.29 is 14.7 Å². The van der Waals surface area contributed by atoms with Crippen LogP contribution in [0.5, 0.6) is 0 Å². The molecule has 2 N–H and O–H groups in total. The van der Waals surface area contributed by atoms with E-state index in [0.29, 0.717) is 12.1 Å². The zero-order chi connectivity index (χ0) is 14.4. The monoisotopic (exact) mass is 280 g/mol. The number of nitrogens with zero attached hydrogens (tertiary/aromatic N) is 3. The SMILES string of the molecule is O=C(O)CCc1cn(CC(=O)NC2CCCCC2)nn1. The Morgan fingerprint density at radius 3 is 2.80 bits per heavy atom. The number of hydrogen-bond acceptors (Lipinski definition) is 4. The minimum atomic E-state index is -0.866. The Kier molecular flexibility index (Phi) is 5.09. The third kappa shape index (κ3) is 4.64. The maximum Gasteiger partial charge on any atom is 0.303 e. The summed E-state index contributed by atoms with van der Waals surface area (Å²) >= 11 is 0. The molecule has 0 atom stereocenters. The zero-order valence-electron chi connectivity index (χ0n) is 11.4. The number of carboxylic acid groups (broad SMARTS) is 1. The third-order valence-corrected chi connectivity index (χ3v) is 3.46. The Bertz CT molecular complexity index is 466. The first kappa shape index (κ1) is 14.5. The van der Waals surface area contributed by atoms with E-state index in [1.165, 1.54) is 23.9 Å². The zero-order valence-corrected chi connectivity index (χ0v) is 11.4. The van der Waals surface area contributed by atoms with Gasteiger partial charge in [0.25, 0.3) is 0 Å². The molecule has 1 aliphatic carbocycles. The Morgan fingerprint density at radius 2 is 2.10 bits per heavy atom. The lowest BCUT2D eigenvalue weighted by Crippen LogP contribution is -2.38. The van der Waals surface area contributed by atoms with Gasteiger partial charge in [-0.25, -0.2) is 4.68 Å². The second kappa shape index (κ2) is 7.02. The Labute approximate surface area is 117 Å². The van der Waals surface area contributed by atoms with Crippen molar-refractivity contribution in [1.29, 1.82) is 0 Å². The van der Waals surface area contributed by atoms with E-state index in [-0.39, 0.29) is 24.9 Å². The van der Waals surface area contributed by atoms with Gasteiger partial charge in [-0.15, -0.1) is 5.10 Å². The fourth-order valence-electron chi connectivity index (χ4n) is 2.43. The van der Waals surface area contributed by atoms with E-state index >= 15 is 0 Å². The first-order valence-electron chi connectivity index (χ1n) is 7.03. The summed E-state index contributed by atoms with van der Waals surface area (Å²) < 4.78 is 1.45. The molecule has 1 aromatic heterocycles. The fraction of sp³-hybridized carbons (Fsp3) is 0.692. The summed E-state index contributed by atoms with van der Waals surface area (Å²) in [6, 6.07) is 0.284. The van der Waals surface area contributed by atoms with E-state index in [2.05, 4.69) is 15.6 Å². The summed E-state index contributed by atoms with van der Waals surface area (Å²) in [6.45, 7) is 0.135. The predicted molar refractivity (Wildman–Crippen MR) is 71.0 cm³/mol. The van der Waals surface area contributed by atoms with Gasteiger partial charge >= 0.3 is 5.97 Å². The molecule has 0 radical (unpaired) electrons. The average Bonchev–Trinajstić information content (AvgIpc) is 2.85. The number of aliphatic carboxylic acids is 1. The van der Waals surface area contributed by atoms with E-state index in [4.69, 9.17) is 5.11 Å². The number of carboxylic acids is 1. The second-order valence-corrected chi connectivity index (χ2v) is 5.20. The molecule has 0 bridgehead atoms. The molecule has 1 heterocycles. The van der Waals surface area contributed by atoms with Gasteiger partial charge in [-0.3, -0.25) is 9.59 Å². The number of aryl methyl sites for hydroxylation is 1. The van der Waals surface area contributed by atoms with Crippen LogP contribution in [0, 0.1) is 0 Å². The smallest absolute Gasteiger partial charge is 0.303 e. The molecule has 110 valence electrons. The molecular formula is C13H20N4O3. The molecule has 0 aromatic carbocycles. The van der Waals surface area contributed by atoms with Gasteiger partial charge in [0.15, 0.2) is 0 Å². The first-order valence-corrected chi connectivity index (χ1v) is 7.03. The normalized spacial score (nSPS) is 16.0. The van der Waals surface area contributed by atoms with Crippen LogP contribution in [0.3, 0.4) is 0 Å². The van der Waals surface area contributed by atoms with Crippen molar-refractivity contribution in [3.63, 3.8) is 0 Å². The maximum atomic E-state index is 11.9. The van der Waals surface area contributed by atoms with Crippen molar-refractivity contribution in [3.8, 4) is 0 Å². The molecule has 2 rings (SSSR count). The van der Waals surface area contributed by atoms with Gasteiger partial charge in [-0.1, -0.05) is 24.5 Å². The van der Waals surface area contributed by atoms with Gasteiger partial charge in [-0.2, -0.15) is 0 Å². The maximum absolute atomic E-state index is 11.9. The van der Waals surface area contributed by atoms with Crippen molar-refractivity contribution in [2.24, 2.45) is 0 Å². The van der Waals surface area contributed by atoms with Gasteiger partial charge in [0.1, 0.15) is 6.54 Å². The van der Waals surface area contributed by atoms with E-state index in [9.17, 15) is 9.59 Å². The minimum Gasteiger partial charge on any atom is -0.481 e. The van der Waals surface area contributed by atoms with Crippen LogP contribution in [0.4, 0.5) is 0 Å². The standard InChI is InChI=1S/C13H20N4O3/c18-12(14-10-4-2-1-3-5-10)9-17-8-11(15-16-17)6-7-13(19)20/h8,10H,1-7,9H2,(H,14,18)(H,19,20). The lowest BCUT2D eigenvalue weighted by Gasteiger charge is -2.22. The van der Waals surface area contributed by atoms with Gasteiger partial charge in [0.05, 0.1) is 12.1 Å². The van der Waals surface area contributed by atoms with Crippen LogP contribution in [0.25, 0.3) is 0 Å². The molecule has 1 amide bonds. The van der Waals surface area contributed by atoms with Gasteiger partial charge in [-0.05, 0) is 12.8 Å². The molecule has 0 unspecified atom stereocenters. The van der Waals surface area contributed by atoms with Crippen LogP contribution < -0.4 is 5.32 Å². The predicted octanol–water partition coefficient (Wildman–Crippen LogP) is 0.744. The summed E-state index contributed by atoms with van der Waals surface area (Å²) in [6.07, 6.45) is 7.68. The summed E-state index contributed by atoms with van der Waals surface area (Å²) in [5.74, 6) is -0.929. The summed E-state index contributed by atoms with van der Waals surface area (Å²) in [5.41, 5.74) is 0.595. The largest absolute Gasteiger partial charge is 0.481 e. The first-order chi connectivity index (χ1) is 9.63. The van der Waals surface area contributed by atoms with Crippen LogP contribution in [-0.2, 0) is 22.6 Å². The van der Waals surface area contributed by atoms with Crippen LogP contribution in [-0.4, -0.2) is 38.0 Å². The van der Waals surface area contributed by atoms with Crippen molar-refractivity contribution in [2.45, 2.75) is 57.5 Å². The third-order valence-electron chi connectivity index (χ3n) is 3.46. The van der Waals surface area contributed by atoms with Crippen LogP contribution in [0.2, 0.25) is 0 Å². The topological polar surface area (TPSA) is 97.1 Å². The minimum absolute atomic E-state index is 0.0208. The number of nitrogens with one attached hydrogen (secondary N) is 1. The summed E-state index contributed by atoms with van der Waals surface area (Å²) in [7, 11) is 0. The summed E-state index contributed by atoms with van der Waals surface area (Å²) in [5, 5.41) is 19.3. The second-order valence-electron chi connectivity index (χ2n) is 5.20. The molecule has 0 aliphatic heterocycles. The Morgan fingerprint density at radius 1 is 1.35 bits per heavy atom. The van der Waals surface area contributed by atoms with Crippen molar-refractivity contribution in [2.75, 3.05) is 0 Å². The lowest BCUT2D eigenvalue weighted by atomic mass is 9.95. The van der Waals surface area contributed by atoms with E-state index in [0.717, 1.165) is 12.8 Å². The number of aromatic nitrogens is 3. The molecule has 7 nitrogen and oxygen atoms in total. The van der Waals surface area contributed by atoms with Crippen molar-refractivity contribution in [3.05, 3.63) is 11.9 Å². The molecule has 1 saturated carbocycles. The number of carbonyl (C=O) groups is 2. The number of hydrogen-bond donors (Lipinski definition) is 2. The lowest BCUT2D eigenvalue weighted by molar-refractivity contribution is -0.137. The molecule has 0 saturated heterocycles. The van der Waals surface area contributed by atoms with Gasteiger partial charge in [0, 0.05) is 18.7 Å². The molecule has 7 heteroatoms. The van der Waals surface area contributed by atoms with Crippen LogP contribution in [0.1, 0.15) is 44.2 Å². The average molecular weight is 280 g/mol. The van der Waals surface area contributed by atoms with E-state index in [1.54, 1.807) is 6.20 Å². The highest BCUT2D eigenvalue weighted by atomic mass is 16.4. The highest BCUT2D eigenvalue weighted by molar-refractivity contribution is 5.75. The number of carbonyl (C=O) groups excluding carboxylic acids is 1. The molecule has 1 aromatic rings. The van der Waals surface area contributed by atoms with Gasteiger partial charge < -0.3 is 10.4 Å². The number of amides is 1. The quantitative estimate of drug-likeness (QED) is 0.801. The van der Waals surface area contributed by atoms with Crippen LogP contribution in [0.15, 0.2) is 6.20 Å². The highest BCUT2D eigenvalue weighted by Gasteiger charge is 2.16. The van der Waals surface area contributed by atoms with Crippen molar-refractivity contribution >= 4 is 11.9 Å². The summed E-state index contributed by atoms with van der Waals surface area (Å²) in [4.78, 5) is 22.3. The number of rotatable bonds is 6. The molecule has 1 fully saturated rings. The van der Waals surface area contributed by atoms with Crippen LogP contribution >= 0.6 is 0 Å². The van der Waals surface area contributed by atoms with E-state index < -0.39 is 5.97 Å². The highest BCUT2D eigenvalue weighted by Crippen LogP contribution is 2.17. The Balaban J connectivity index is 1.77. The fourth-order valence-corrected chi connectivity index (χ4v) is 2.43. The molecule has 1 aliphatic rings. The van der Waals surface area contributed by atoms with Gasteiger partial charge in [0.2, 0.25) is 5.91 Å². The van der Waals surface area contributed by atoms with E-state index in [1.807, 2.05) is 0 Å². The van der Waals surface area contributed by atoms with Crippen molar-refractivity contribution in [1.82, 2.24) is 20.3 Å².